The van der Waals surface area contributed by atoms with E-state index in [0.717, 1.165) is 13.0 Å². The fourth-order valence-corrected chi connectivity index (χ4v) is 2.34. The lowest BCUT2D eigenvalue weighted by atomic mass is 10.1. The van der Waals surface area contributed by atoms with Gasteiger partial charge in [0.15, 0.2) is 0 Å². The first-order valence-electron chi connectivity index (χ1n) is 6.86. The van der Waals surface area contributed by atoms with Gasteiger partial charge in [-0.2, -0.15) is 0 Å². The number of thioether (sulfide) groups is 1. The van der Waals surface area contributed by atoms with Gasteiger partial charge >= 0.3 is 0 Å². The van der Waals surface area contributed by atoms with E-state index in [2.05, 4.69) is 27.8 Å². The molecule has 0 aliphatic carbocycles. The summed E-state index contributed by atoms with van der Waals surface area (Å²) in [7, 11) is 1.76. The molecular weight excluding hydrogens is 262 g/mol. The van der Waals surface area contributed by atoms with Crippen LogP contribution in [0.25, 0.3) is 0 Å². The number of rotatable bonds is 10. The molecule has 0 spiro atoms. The van der Waals surface area contributed by atoms with Crippen LogP contribution in [0.3, 0.4) is 0 Å². The molecule has 1 aromatic heterocycles. The number of aryl methyl sites for hydroxylation is 1. The van der Waals surface area contributed by atoms with Gasteiger partial charge in [-0.1, -0.05) is 50.8 Å². The van der Waals surface area contributed by atoms with Crippen LogP contribution >= 0.6 is 11.8 Å². The van der Waals surface area contributed by atoms with Crippen LogP contribution in [-0.2, 0) is 11.8 Å². The van der Waals surface area contributed by atoms with Crippen molar-refractivity contribution >= 4 is 17.7 Å². The largest absolute Gasteiger partial charge is 0.355 e. The first kappa shape index (κ1) is 15.9. The molecule has 0 atom stereocenters. The summed E-state index contributed by atoms with van der Waals surface area (Å²) in [5.74, 6) is 0.408. The highest BCUT2D eigenvalue weighted by molar-refractivity contribution is 7.99. The number of carbonyl (C=O) groups is 1. The molecule has 0 aromatic carbocycles. The summed E-state index contributed by atoms with van der Waals surface area (Å²) in [6.07, 6.45) is 7.41. The van der Waals surface area contributed by atoms with Crippen molar-refractivity contribution in [1.29, 1.82) is 0 Å². The van der Waals surface area contributed by atoms with Gasteiger partial charge in [-0.15, -0.1) is 5.10 Å². The summed E-state index contributed by atoms with van der Waals surface area (Å²) >= 11 is 1.35. The predicted octanol–water partition coefficient (Wildman–Crippen LogP) is 1.78. The Labute approximate surface area is 118 Å². The molecule has 0 aliphatic rings. The van der Waals surface area contributed by atoms with Crippen molar-refractivity contribution in [1.82, 2.24) is 25.5 Å². The van der Waals surface area contributed by atoms with Crippen molar-refractivity contribution in [3.05, 3.63) is 0 Å². The standard InChI is InChI=1S/C12H23N5OS/c1-3-4-5-6-7-8-9-13-11(18)10-19-12-14-15-16-17(12)2/h3-10H2,1-2H3,(H,13,18). The zero-order valence-electron chi connectivity index (χ0n) is 11.8. The number of amides is 1. The van der Waals surface area contributed by atoms with Crippen LogP contribution in [0.4, 0.5) is 0 Å². The van der Waals surface area contributed by atoms with Gasteiger partial charge in [0.1, 0.15) is 0 Å². The molecule has 1 heterocycles. The zero-order chi connectivity index (χ0) is 13.9. The van der Waals surface area contributed by atoms with Crippen molar-refractivity contribution < 1.29 is 4.79 Å². The van der Waals surface area contributed by atoms with Crippen molar-refractivity contribution in [2.24, 2.45) is 7.05 Å². The molecule has 0 bridgehead atoms. The Morgan fingerprint density at radius 3 is 2.68 bits per heavy atom. The molecule has 1 aromatic rings. The topological polar surface area (TPSA) is 72.7 Å². The summed E-state index contributed by atoms with van der Waals surface area (Å²) in [5, 5.41) is 14.6. The van der Waals surface area contributed by atoms with Gasteiger partial charge in [-0.05, 0) is 16.8 Å². The maximum atomic E-state index is 11.6. The van der Waals surface area contributed by atoms with Gasteiger partial charge < -0.3 is 5.32 Å². The van der Waals surface area contributed by atoms with E-state index in [-0.39, 0.29) is 5.91 Å². The van der Waals surface area contributed by atoms with Gasteiger partial charge in [-0.3, -0.25) is 4.79 Å². The normalized spacial score (nSPS) is 10.6. The SMILES string of the molecule is CCCCCCCCNC(=O)CSc1nnnn1C. The second-order valence-electron chi connectivity index (χ2n) is 4.49. The molecular formula is C12H23N5OS. The van der Waals surface area contributed by atoms with Gasteiger partial charge in [-0.25, -0.2) is 4.68 Å². The summed E-state index contributed by atoms with van der Waals surface area (Å²) in [6, 6.07) is 0. The van der Waals surface area contributed by atoms with Crippen LogP contribution in [0.15, 0.2) is 5.16 Å². The lowest BCUT2D eigenvalue weighted by molar-refractivity contribution is -0.118. The molecule has 7 heteroatoms. The smallest absolute Gasteiger partial charge is 0.230 e. The van der Waals surface area contributed by atoms with Crippen LogP contribution in [0, 0.1) is 0 Å². The lowest BCUT2D eigenvalue weighted by Crippen LogP contribution is -2.26. The maximum Gasteiger partial charge on any atom is 0.230 e. The summed E-state index contributed by atoms with van der Waals surface area (Å²) in [6.45, 7) is 2.98. The Hall–Kier alpha value is -1.11. The second-order valence-corrected chi connectivity index (χ2v) is 5.43. The average molecular weight is 285 g/mol. The minimum absolute atomic E-state index is 0.0431. The Morgan fingerprint density at radius 1 is 1.26 bits per heavy atom. The summed E-state index contributed by atoms with van der Waals surface area (Å²) in [5.41, 5.74) is 0. The van der Waals surface area contributed by atoms with Gasteiger partial charge in [0, 0.05) is 13.6 Å². The van der Waals surface area contributed by atoms with E-state index in [1.165, 1.54) is 43.9 Å². The Bertz CT molecular complexity index is 369. The Kier molecular flexibility index (Phi) is 8.20. The number of nitrogens with zero attached hydrogens (tertiary/aromatic N) is 4. The molecule has 0 radical (unpaired) electrons. The Balaban J connectivity index is 1.98. The van der Waals surface area contributed by atoms with E-state index in [0.29, 0.717) is 10.9 Å². The molecule has 19 heavy (non-hydrogen) atoms. The highest BCUT2D eigenvalue weighted by Crippen LogP contribution is 2.11. The highest BCUT2D eigenvalue weighted by Gasteiger charge is 2.06. The number of tetrazole rings is 1. The third kappa shape index (κ3) is 7.15. The second kappa shape index (κ2) is 9.77. The number of aromatic nitrogens is 4. The number of carbonyl (C=O) groups excluding carboxylic acids is 1. The van der Waals surface area contributed by atoms with Crippen LogP contribution in [-0.4, -0.2) is 38.4 Å². The molecule has 1 N–H and O–H groups in total. The average Bonchev–Trinajstić information content (AvgIpc) is 2.81. The van der Waals surface area contributed by atoms with E-state index in [1.807, 2.05) is 0 Å². The quantitative estimate of drug-likeness (QED) is 0.524. The molecule has 1 rings (SSSR count). The number of hydrogen-bond donors (Lipinski definition) is 1. The van der Waals surface area contributed by atoms with Crippen LogP contribution in [0.2, 0.25) is 0 Å². The van der Waals surface area contributed by atoms with Gasteiger partial charge in [0.05, 0.1) is 5.75 Å². The van der Waals surface area contributed by atoms with Gasteiger partial charge in [0.2, 0.25) is 11.1 Å². The van der Waals surface area contributed by atoms with E-state index in [1.54, 1.807) is 11.7 Å². The van der Waals surface area contributed by atoms with Crippen molar-refractivity contribution in [2.75, 3.05) is 12.3 Å². The third-order valence-electron chi connectivity index (χ3n) is 2.77. The van der Waals surface area contributed by atoms with Crippen molar-refractivity contribution in [2.45, 2.75) is 50.6 Å². The van der Waals surface area contributed by atoms with Gasteiger partial charge in [0.25, 0.3) is 0 Å². The molecule has 0 saturated carbocycles. The number of nitrogens with one attached hydrogen (secondary N) is 1. The fraction of sp³-hybridized carbons (Fsp3) is 0.833. The summed E-state index contributed by atoms with van der Waals surface area (Å²) < 4.78 is 1.56. The van der Waals surface area contributed by atoms with Crippen LogP contribution in [0.1, 0.15) is 45.4 Å². The van der Waals surface area contributed by atoms with Crippen LogP contribution in [0.5, 0.6) is 0 Å². The zero-order valence-corrected chi connectivity index (χ0v) is 12.6. The molecule has 6 nitrogen and oxygen atoms in total. The molecule has 0 unspecified atom stereocenters. The lowest BCUT2D eigenvalue weighted by Gasteiger charge is -2.04. The summed E-state index contributed by atoms with van der Waals surface area (Å²) in [4.78, 5) is 11.6. The third-order valence-corrected chi connectivity index (χ3v) is 3.78. The van der Waals surface area contributed by atoms with E-state index in [9.17, 15) is 4.79 Å². The fourth-order valence-electron chi connectivity index (χ4n) is 1.66. The van der Waals surface area contributed by atoms with Crippen LogP contribution < -0.4 is 5.32 Å². The minimum Gasteiger partial charge on any atom is -0.355 e. The molecule has 0 saturated heterocycles. The number of unbranched alkanes of at least 4 members (excludes halogenated alkanes) is 5. The van der Waals surface area contributed by atoms with Crippen molar-refractivity contribution in [3.63, 3.8) is 0 Å². The minimum atomic E-state index is 0.0431. The van der Waals surface area contributed by atoms with Crippen molar-refractivity contribution in [3.8, 4) is 0 Å². The highest BCUT2D eigenvalue weighted by atomic mass is 32.2. The molecule has 0 fully saturated rings. The number of hydrogen-bond acceptors (Lipinski definition) is 5. The Morgan fingerprint density at radius 2 is 2.00 bits per heavy atom. The molecule has 1 amide bonds. The molecule has 108 valence electrons. The van der Waals surface area contributed by atoms with E-state index >= 15 is 0 Å². The first-order valence-corrected chi connectivity index (χ1v) is 7.84. The molecule has 0 aliphatic heterocycles. The monoisotopic (exact) mass is 285 g/mol. The van der Waals surface area contributed by atoms with E-state index in [4.69, 9.17) is 0 Å². The van der Waals surface area contributed by atoms with E-state index < -0.39 is 0 Å². The first-order chi connectivity index (χ1) is 9.24. The maximum absolute atomic E-state index is 11.6. The predicted molar refractivity (Wildman–Crippen MR) is 75.9 cm³/mol.